The van der Waals surface area contributed by atoms with Gasteiger partial charge in [-0.05, 0) is 12.8 Å². The van der Waals surface area contributed by atoms with Crippen LogP contribution in [0.1, 0.15) is 110 Å². The van der Waals surface area contributed by atoms with Gasteiger partial charge < -0.3 is 15.2 Å². The van der Waals surface area contributed by atoms with Crippen LogP contribution in [0.25, 0.3) is 0 Å². The van der Waals surface area contributed by atoms with E-state index in [-0.39, 0.29) is 18.6 Å². The molecule has 2 N–H and O–H groups in total. The Labute approximate surface area is 162 Å². The van der Waals surface area contributed by atoms with Crippen molar-refractivity contribution >= 4 is 5.91 Å². The molecule has 0 saturated heterocycles. The Balaban J connectivity index is 3.46. The molecule has 1 amide bonds. The molecular formula is C22H45NO3. The van der Waals surface area contributed by atoms with Crippen molar-refractivity contribution < 1.29 is 14.6 Å². The monoisotopic (exact) mass is 371 g/mol. The van der Waals surface area contributed by atoms with E-state index in [0.717, 1.165) is 19.3 Å². The number of aliphatic hydroxyl groups is 1. The lowest BCUT2D eigenvalue weighted by molar-refractivity contribution is -0.122. The van der Waals surface area contributed by atoms with E-state index in [1.54, 1.807) is 0 Å². The summed E-state index contributed by atoms with van der Waals surface area (Å²) in [6, 6.07) is 0. The summed E-state index contributed by atoms with van der Waals surface area (Å²) in [5.41, 5.74) is 0. The Morgan fingerprint density at radius 2 is 1.31 bits per heavy atom. The first-order valence-corrected chi connectivity index (χ1v) is 11.2. The third-order valence-electron chi connectivity index (χ3n) is 4.84. The fourth-order valence-corrected chi connectivity index (χ4v) is 3.04. The van der Waals surface area contributed by atoms with Gasteiger partial charge in [-0.3, -0.25) is 4.79 Å². The lowest BCUT2D eigenvalue weighted by atomic mass is 10.1. The zero-order chi connectivity index (χ0) is 19.3. The Bertz CT molecular complexity index is 297. The molecule has 0 rings (SSSR count). The molecule has 0 aliphatic carbocycles. The number of carbonyl (C=O) groups is 1. The van der Waals surface area contributed by atoms with Gasteiger partial charge in [0.15, 0.2) is 0 Å². The first-order chi connectivity index (χ1) is 12.7. The maximum Gasteiger partial charge on any atom is 0.220 e. The molecule has 0 spiro atoms. The molecule has 1 atom stereocenters. The van der Waals surface area contributed by atoms with Gasteiger partial charge in [-0.15, -0.1) is 0 Å². The van der Waals surface area contributed by atoms with Crippen molar-refractivity contribution in [3.05, 3.63) is 0 Å². The Kier molecular flexibility index (Phi) is 20.2. The Hall–Kier alpha value is -0.610. The van der Waals surface area contributed by atoms with E-state index in [0.29, 0.717) is 19.6 Å². The zero-order valence-corrected chi connectivity index (χ0v) is 17.6. The first-order valence-electron chi connectivity index (χ1n) is 11.2. The van der Waals surface area contributed by atoms with Gasteiger partial charge in [-0.2, -0.15) is 0 Å². The summed E-state index contributed by atoms with van der Waals surface area (Å²) in [6.45, 7) is 5.50. The molecule has 0 aliphatic rings. The van der Waals surface area contributed by atoms with Crippen molar-refractivity contribution in [3.63, 3.8) is 0 Å². The van der Waals surface area contributed by atoms with Crippen LogP contribution in [0, 0.1) is 0 Å². The minimum absolute atomic E-state index is 0.0345. The summed E-state index contributed by atoms with van der Waals surface area (Å²) in [6.07, 6.45) is 17.6. The molecule has 0 radical (unpaired) electrons. The second-order valence-electron chi connectivity index (χ2n) is 7.47. The molecule has 0 aliphatic heterocycles. The number of nitrogens with one attached hydrogen (secondary N) is 1. The maximum absolute atomic E-state index is 11.9. The summed E-state index contributed by atoms with van der Waals surface area (Å²) >= 11 is 0. The number of aliphatic hydroxyl groups excluding tert-OH is 1. The molecule has 0 aromatic heterocycles. The maximum atomic E-state index is 11.9. The number of ether oxygens (including phenoxy) is 1. The van der Waals surface area contributed by atoms with Crippen molar-refractivity contribution in [3.8, 4) is 0 Å². The molecular weight excluding hydrogens is 326 g/mol. The molecule has 26 heavy (non-hydrogen) atoms. The number of amides is 1. The molecule has 0 fully saturated rings. The van der Waals surface area contributed by atoms with E-state index in [1.807, 2.05) is 0 Å². The topological polar surface area (TPSA) is 58.6 Å². The third kappa shape index (κ3) is 18.2. The fraction of sp³-hybridized carbons (Fsp3) is 0.955. The minimum Gasteiger partial charge on any atom is -0.394 e. The lowest BCUT2D eigenvalue weighted by Crippen LogP contribution is -2.35. The first kappa shape index (κ1) is 25.4. The predicted octanol–water partition coefficient (Wildman–Crippen LogP) is 5.37. The van der Waals surface area contributed by atoms with Crippen molar-refractivity contribution in [2.75, 3.05) is 19.8 Å². The van der Waals surface area contributed by atoms with Gasteiger partial charge in [-0.1, -0.05) is 90.9 Å². The summed E-state index contributed by atoms with van der Waals surface area (Å²) in [5, 5.41) is 12.3. The molecule has 0 heterocycles. The van der Waals surface area contributed by atoms with Crippen LogP contribution in [-0.2, 0) is 9.53 Å². The van der Waals surface area contributed by atoms with Crippen LogP contribution in [-0.4, -0.2) is 36.9 Å². The summed E-state index contributed by atoms with van der Waals surface area (Å²) in [5.74, 6) is 0.0814. The standard InChI is InChI=1S/C22H45NO3/c1-3-5-7-9-10-11-12-13-15-17-22(25)23-19-21(20-24)26-18-16-14-8-6-4-2/h21,24H,3-20H2,1-2H3,(H,23,25). The van der Waals surface area contributed by atoms with Gasteiger partial charge >= 0.3 is 0 Å². The van der Waals surface area contributed by atoms with Crippen LogP contribution in [0.3, 0.4) is 0 Å². The van der Waals surface area contributed by atoms with Crippen molar-refractivity contribution in [1.29, 1.82) is 0 Å². The lowest BCUT2D eigenvalue weighted by Gasteiger charge is -2.16. The van der Waals surface area contributed by atoms with Crippen molar-refractivity contribution in [1.82, 2.24) is 5.32 Å². The number of carbonyl (C=O) groups excluding carboxylic acids is 1. The normalized spacial score (nSPS) is 12.3. The average Bonchev–Trinajstić information content (AvgIpc) is 2.65. The minimum atomic E-state index is -0.270. The molecule has 156 valence electrons. The highest BCUT2D eigenvalue weighted by atomic mass is 16.5. The molecule has 4 heteroatoms. The van der Waals surface area contributed by atoms with Crippen LogP contribution in [0.5, 0.6) is 0 Å². The van der Waals surface area contributed by atoms with Crippen molar-refractivity contribution in [2.24, 2.45) is 0 Å². The predicted molar refractivity (Wildman–Crippen MR) is 110 cm³/mol. The Morgan fingerprint density at radius 3 is 1.85 bits per heavy atom. The van der Waals surface area contributed by atoms with E-state index in [4.69, 9.17) is 4.74 Å². The van der Waals surface area contributed by atoms with E-state index in [9.17, 15) is 9.90 Å². The number of rotatable bonds is 20. The van der Waals surface area contributed by atoms with Gasteiger partial charge in [0.05, 0.1) is 12.7 Å². The van der Waals surface area contributed by atoms with E-state index >= 15 is 0 Å². The number of hydrogen-bond donors (Lipinski definition) is 2. The molecule has 0 bridgehead atoms. The second kappa shape index (κ2) is 20.7. The highest BCUT2D eigenvalue weighted by Gasteiger charge is 2.09. The number of unbranched alkanes of at least 4 members (excludes halogenated alkanes) is 12. The largest absolute Gasteiger partial charge is 0.394 e. The van der Waals surface area contributed by atoms with Crippen LogP contribution in [0.4, 0.5) is 0 Å². The molecule has 0 aromatic carbocycles. The number of hydrogen-bond acceptors (Lipinski definition) is 3. The van der Waals surface area contributed by atoms with Gasteiger partial charge in [0.2, 0.25) is 5.91 Å². The van der Waals surface area contributed by atoms with Crippen molar-refractivity contribution in [2.45, 2.75) is 116 Å². The summed E-state index contributed by atoms with van der Waals surface area (Å²) in [7, 11) is 0. The molecule has 0 aromatic rings. The van der Waals surface area contributed by atoms with Crippen LogP contribution < -0.4 is 5.32 Å². The van der Waals surface area contributed by atoms with Gasteiger partial charge in [0.1, 0.15) is 0 Å². The summed E-state index contributed by atoms with van der Waals surface area (Å²) < 4.78 is 5.66. The zero-order valence-electron chi connectivity index (χ0n) is 17.6. The van der Waals surface area contributed by atoms with E-state index < -0.39 is 0 Å². The fourth-order valence-electron chi connectivity index (χ4n) is 3.04. The second-order valence-corrected chi connectivity index (χ2v) is 7.47. The third-order valence-corrected chi connectivity index (χ3v) is 4.84. The highest BCUT2D eigenvalue weighted by Crippen LogP contribution is 2.10. The molecule has 0 saturated carbocycles. The summed E-state index contributed by atoms with van der Waals surface area (Å²) in [4.78, 5) is 11.9. The SMILES string of the molecule is CCCCCCCCCCCC(=O)NCC(CO)OCCCCCCC. The van der Waals surface area contributed by atoms with Crippen LogP contribution in [0.15, 0.2) is 0 Å². The molecule has 4 nitrogen and oxygen atoms in total. The van der Waals surface area contributed by atoms with Gasteiger partial charge in [0, 0.05) is 19.6 Å². The Morgan fingerprint density at radius 1 is 0.808 bits per heavy atom. The highest BCUT2D eigenvalue weighted by molar-refractivity contribution is 5.75. The average molecular weight is 372 g/mol. The van der Waals surface area contributed by atoms with Gasteiger partial charge in [0.25, 0.3) is 0 Å². The van der Waals surface area contributed by atoms with Crippen LogP contribution in [0.2, 0.25) is 0 Å². The molecule has 1 unspecified atom stereocenters. The van der Waals surface area contributed by atoms with Crippen LogP contribution >= 0.6 is 0 Å². The van der Waals surface area contributed by atoms with Gasteiger partial charge in [-0.25, -0.2) is 0 Å². The quantitative estimate of drug-likeness (QED) is 0.283. The van der Waals surface area contributed by atoms with E-state index in [1.165, 1.54) is 70.6 Å². The smallest absolute Gasteiger partial charge is 0.220 e. The van der Waals surface area contributed by atoms with E-state index in [2.05, 4.69) is 19.2 Å².